The van der Waals surface area contributed by atoms with Gasteiger partial charge in [0.15, 0.2) is 0 Å². The lowest BCUT2D eigenvalue weighted by Crippen LogP contribution is -2.62. The van der Waals surface area contributed by atoms with Gasteiger partial charge in [0.25, 0.3) is 0 Å². The lowest BCUT2D eigenvalue weighted by molar-refractivity contribution is -0.142. The molecule has 6 amide bonds. The molecule has 59 heavy (non-hydrogen) atoms. The number of hydrogen-bond donors (Lipinski definition) is 5. The zero-order valence-electron chi connectivity index (χ0n) is 35.7. The second-order valence-electron chi connectivity index (χ2n) is 16.6. The van der Waals surface area contributed by atoms with Gasteiger partial charge in [-0.3, -0.25) is 33.8 Å². The van der Waals surface area contributed by atoms with Gasteiger partial charge in [0.05, 0.1) is 35.0 Å². The second-order valence-corrected chi connectivity index (χ2v) is 17.7. The minimum absolute atomic E-state index is 0.238. The van der Waals surface area contributed by atoms with E-state index in [4.69, 9.17) is 14.5 Å². The number of carbonyl (C=O) groups excluding carboxylic acids is 6. The van der Waals surface area contributed by atoms with Crippen molar-refractivity contribution in [1.29, 1.82) is 0 Å². The van der Waals surface area contributed by atoms with Crippen LogP contribution in [-0.2, 0) is 44.7 Å². The molecular formula is C43H63N7O8S. The number of fused-ring (bicyclic) bond motifs is 2. The molecule has 1 fully saturated rings. The van der Waals surface area contributed by atoms with Crippen molar-refractivity contribution in [3.63, 3.8) is 0 Å². The quantitative estimate of drug-likeness (QED) is 0.197. The fraction of sp³-hybridized carbons (Fsp3) is 0.605. The number of amides is 6. The third-order valence-corrected chi connectivity index (χ3v) is 12.2. The van der Waals surface area contributed by atoms with Crippen molar-refractivity contribution < 1.29 is 38.2 Å². The first-order valence-electron chi connectivity index (χ1n) is 20.4. The van der Waals surface area contributed by atoms with Crippen LogP contribution in [0.2, 0.25) is 0 Å². The highest BCUT2D eigenvalue weighted by molar-refractivity contribution is 8.14. The first kappa shape index (κ1) is 47.1. The van der Waals surface area contributed by atoms with Crippen LogP contribution in [0.4, 0.5) is 0 Å². The molecule has 3 aliphatic rings. The van der Waals surface area contributed by atoms with E-state index in [-0.39, 0.29) is 18.3 Å². The largest absolute Gasteiger partial charge is 0.369 e. The minimum atomic E-state index is -1.35. The van der Waals surface area contributed by atoms with Gasteiger partial charge >= 0.3 is 0 Å². The van der Waals surface area contributed by atoms with Gasteiger partial charge in [-0.05, 0) is 72.3 Å². The molecule has 3 aliphatic heterocycles. The van der Waals surface area contributed by atoms with Crippen molar-refractivity contribution in [2.24, 2.45) is 10.9 Å². The van der Waals surface area contributed by atoms with Gasteiger partial charge in [0.1, 0.15) is 36.3 Å². The van der Waals surface area contributed by atoms with E-state index < -0.39 is 95.1 Å². The minimum Gasteiger partial charge on any atom is -0.369 e. The third-order valence-electron chi connectivity index (χ3n) is 11.0. The van der Waals surface area contributed by atoms with Crippen molar-refractivity contribution in [3.05, 3.63) is 61.2 Å². The Bertz CT molecular complexity index is 1750. The van der Waals surface area contributed by atoms with E-state index in [0.29, 0.717) is 37.3 Å². The maximum Gasteiger partial charge on any atom is 0.246 e. The Morgan fingerprint density at radius 3 is 2.12 bits per heavy atom. The van der Waals surface area contributed by atoms with Crippen molar-refractivity contribution in [1.82, 2.24) is 31.5 Å². The predicted octanol–water partition coefficient (Wildman–Crippen LogP) is 2.59. The van der Waals surface area contributed by atoms with E-state index in [1.807, 2.05) is 37.3 Å². The Kier molecular flexibility index (Phi) is 16.5. The van der Waals surface area contributed by atoms with Crippen LogP contribution in [0.1, 0.15) is 80.2 Å². The van der Waals surface area contributed by atoms with Crippen LogP contribution in [0.15, 0.2) is 60.6 Å². The molecule has 3 heterocycles. The molecule has 0 spiro atoms. The number of hydrogen-bond acceptors (Lipinski definition) is 10. The van der Waals surface area contributed by atoms with Crippen LogP contribution in [0, 0.1) is 5.92 Å². The molecule has 9 atom stereocenters. The van der Waals surface area contributed by atoms with Gasteiger partial charge in [-0.2, -0.15) is 0 Å². The Hall–Kier alpha value is -4.54. The molecule has 15 nitrogen and oxygen atoms in total. The summed E-state index contributed by atoms with van der Waals surface area (Å²) in [7, 11) is 0. The SMILES string of the molecule is C=CC(C)(C)OC[C@@H]1NC(=O)[C@@H]([C@H](C)OC(C)(C)C=C)NC(=O)C2CSC(=N2)[C@H](Cc2ccccc2)NC(=O)[C@H]2CCCN2C(=O)C(C)NC(=O)[C@H]([C@@H](C)CC)NC1=O. The molecule has 5 N–H and O–H groups in total. The summed E-state index contributed by atoms with van der Waals surface area (Å²) < 4.78 is 12.2. The van der Waals surface area contributed by atoms with Crippen LogP contribution in [0.3, 0.4) is 0 Å². The van der Waals surface area contributed by atoms with Crippen molar-refractivity contribution >= 4 is 52.2 Å². The molecule has 0 aromatic heterocycles. The standard InChI is InChI=1S/C43H63N7O8S/c1-11-25(4)33-38(54)44-26(5)41(56)50-21-17-20-32(50)37(53)45-29(22-28-18-15-14-16-19-28)40-47-31(24-59-40)36(52)49-34(27(6)58-43(9,10)13-3)39(55)46-30(35(51)48-33)23-57-42(7,8)12-2/h12-16,18-19,25-27,29-34H,2-3,11,17,20-24H2,1,4-10H3,(H,44,54)(H,45,53)(H,46,55)(H,48,51)(H,49,52)/t25-,26?,27-,29-,30-,31?,32+,33-,34+/m0/s1. The number of nitrogens with zero attached hydrogens (tertiary/aromatic N) is 2. The van der Waals surface area contributed by atoms with Gasteiger partial charge in [-0.25, -0.2) is 0 Å². The molecule has 16 heteroatoms. The van der Waals surface area contributed by atoms with E-state index in [1.165, 1.54) is 16.7 Å². The van der Waals surface area contributed by atoms with Crippen molar-refractivity contribution in [2.75, 3.05) is 18.9 Å². The summed E-state index contributed by atoms with van der Waals surface area (Å²) >= 11 is 1.33. The summed E-state index contributed by atoms with van der Waals surface area (Å²) in [6.07, 6.45) is 4.06. The van der Waals surface area contributed by atoms with Crippen molar-refractivity contribution in [2.45, 2.75) is 141 Å². The summed E-state index contributed by atoms with van der Waals surface area (Å²) in [5.41, 5.74) is -0.870. The van der Waals surface area contributed by atoms with Crippen LogP contribution in [0.5, 0.6) is 0 Å². The number of ether oxygens (including phenoxy) is 2. The lowest BCUT2D eigenvalue weighted by Gasteiger charge is -2.33. The normalized spacial score (nSPS) is 27.8. The van der Waals surface area contributed by atoms with E-state index in [1.54, 1.807) is 60.6 Å². The molecule has 2 unspecified atom stereocenters. The van der Waals surface area contributed by atoms with Crippen LogP contribution < -0.4 is 26.6 Å². The number of carbonyl (C=O) groups is 6. The van der Waals surface area contributed by atoms with Gasteiger partial charge in [0, 0.05) is 12.3 Å². The summed E-state index contributed by atoms with van der Waals surface area (Å²) in [5.74, 6) is -3.61. The highest BCUT2D eigenvalue weighted by Gasteiger charge is 2.41. The summed E-state index contributed by atoms with van der Waals surface area (Å²) in [6, 6.07) is 2.39. The van der Waals surface area contributed by atoms with E-state index in [0.717, 1.165) is 5.56 Å². The fourth-order valence-electron chi connectivity index (χ4n) is 6.95. The average Bonchev–Trinajstić information content (AvgIpc) is 3.91. The van der Waals surface area contributed by atoms with Crippen LogP contribution in [0.25, 0.3) is 0 Å². The van der Waals surface area contributed by atoms with E-state index >= 15 is 0 Å². The Balaban J connectivity index is 1.79. The molecule has 1 aromatic carbocycles. The molecule has 0 aliphatic carbocycles. The van der Waals surface area contributed by atoms with E-state index in [2.05, 4.69) is 39.7 Å². The summed E-state index contributed by atoms with van der Waals surface area (Å²) in [6.45, 7) is 21.5. The Morgan fingerprint density at radius 1 is 0.847 bits per heavy atom. The highest BCUT2D eigenvalue weighted by Crippen LogP contribution is 2.25. The summed E-state index contributed by atoms with van der Waals surface area (Å²) in [4.78, 5) is 90.9. The molecule has 1 aromatic rings. The second kappa shape index (κ2) is 20.6. The van der Waals surface area contributed by atoms with Crippen LogP contribution >= 0.6 is 11.8 Å². The van der Waals surface area contributed by atoms with Crippen molar-refractivity contribution in [3.8, 4) is 0 Å². The zero-order chi connectivity index (χ0) is 43.7. The number of benzene rings is 1. The number of aliphatic imine (C=N–C) groups is 1. The maximum absolute atomic E-state index is 14.4. The first-order valence-corrected chi connectivity index (χ1v) is 21.4. The molecule has 0 saturated carbocycles. The van der Waals surface area contributed by atoms with Gasteiger partial charge in [-0.1, -0.05) is 62.8 Å². The van der Waals surface area contributed by atoms with Gasteiger partial charge in [0.2, 0.25) is 35.4 Å². The third kappa shape index (κ3) is 12.7. The number of thioether (sulfide) groups is 1. The van der Waals surface area contributed by atoms with E-state index in [9.17, 15) is 28.8 Å². The summed E-state index contributed by atoms with van der Waals surface area (Å²) in [5, 5.41) is 14.8. The monoisotopic (exact) mass is 837 g/mol. The van der Waals surface area contributed by atoms with Gasteiger partial charge in [-0.15, -0.1) is 24.9 Å². The smallest absolute Gasteiger partial charge is 0.246 e. The predicted molar refractivity (Wildman–Crippen MR) is 228 cm³/mol. The first-order chi connectivity index (χ1) is 27.8. The fourth-order valence-corrected chi connectivity index (χ4v) is 8.05. The number of nitrogens with one attached hydrogen (secondary N) is 5. The molecule has 4 rings (SSSR count). The molecule has 0 radical (unpaired) electrons. The zero-order valence-corrected chi connectivity index (χ0v) is 36.5. The molecule has 324 valence electrons. The Labute approximate surface area is 352 Å². The highest BCUT2D eigenvalue weighted by atomic mass is 32.2. The average molecular weight is 838 g/mol. The molecule has 2 bridgehead atoms. The van der Waals surface area contributed by atoms with Gasteiger partial charge < -0.3 is 41.0 Å². The Morgan fingerprint density at radius 2 is 1.47 bits per heavy atom. The molecule has 1 saturated heterocycles. The van der Waals surface area contributed by atoms with Crippen LogP contribution in [-0.4, -0.2) is 124 Å². The number of rotatable bonds is 12. The topological polar surface area (TPSA) is 197 Å². The lowest BCUT2D eigenvalue weighted by atomic mass is 9.97. The maximum atomic E-state index is 14.4. The molecular weight excluding hydrogens is 775 g/mol.